The van der Waals surface area contributed by atoms with Gasteiger partial charge < -0.3 is 10.4 Å². The van der Waals surface area contributed by atoms with Crippen molar-refractivity contribution >= 4 is 21.7 Å². The molecule has 158 valence electrons. The van der Waals surface area contributed by atoms with Gasteiger partial charge >= 0.3 is 0 Å². The number of phenolic OH excluding ortho intramolecular Hbond substituents is 1. The molecular formula is C24H25N5O2. The number of aromatic hydroxyl groups is 1. The molecular weight excluding hydrogens is 390 g/mol. The molecule has 2 aromatic heterocycles. The number of nitrogens with zero attached hydrogens (tertiary/aromatic N) is 4. The van der Waals surface area contributed by atoms with Gasteiger partial charge in [0, 0.05) is 29.6 Å². The van der Waals surface area contributed by atoms with Crippen molar-refractivity contribution < 1.29 is 5.11 Å². The van der Waals surface area contributed by atoms with Crippen molar-refractivity contribution in [2.45, 2.75) is 44.2 Å². The highest BCUT2D eigenvalue weighted by Gasteiger charge is 2.46. The average molecular weight is 415 g/mol. The lowest BCUT2D eigenvalue weighted by molar-refractivity contribution is 0.264. The molecule has 1 spiro atoms. The van der Waals surface area contributed by atoms with Crippen molar-refractivity contribution in [1.82, 2.24) is 24.9 Å². The van der Waals surface area contributed by atoms with Crippen molar-refractivity contribution in [3.8, 4) is 16.9 Å². The number of hydrogen-bond acceptors (Lipinski definition) is 5. The van der Waals surface area contributed by atoms with E-state index in [1.807, 2.05) is 26.2 Å². The number of phenols is 1. The number of nitrogens with one attached hydrogen (secondary N) is 1. The summed E-state index contributed by atoms with van der Waals surface area (Å²) >= 11 is 0. The van der Waals surface area contributed by atoms with Gasteiger partial charge in [0.1, 0.15) is 5.75 Å². The maximum Gasteiger partial charge on any atom is 0.278 e. The fourth-order valence-electron chi connectivity index (χ4n) is 5.17. The van der Waals surface area contributed by atoms with Crippen LogP contribution >= 0.6 is 0 Å². The van der Waals surface area contributed by atoms with Crippen molar-refractivity contribution in [3.05, 3.63) is 52.6 Å². The summed E-state index contributed by atoms with van der Waals surface area (Å²) in [6.07, 6.45) is 7.84. The summed E-state index contributed by atoms with van der Waals surface area (Å²) in [4.78, 5) is 13.3. The van der Waals surface area contributed by atoms with Gasteiger partial charge in [-0.1, -0.05) is 0 Å². The number of aryl methyl sites for hydroxylation is 2. The number of aromatic nitrogens is 4. The zero-order chi connectivity index (χ0) is 21.3. The number of hydrogen-bond donors (Lipinski definition) is 2. The van der Waals surface area contributed by atoms with E-state index < -0.39 is 0 Å². The monoisotopic (exact) mass is 415 g/mol. The normalized spacial score (nSPS) is 20.0. The van der Waals surface area contributed by atoms with Gasteiger partial charge in [0.25, 0.3) is 5.56 Å². The number of rotatable bonds is 2. The molecule has 0 amide bonds. The number of benzene rings is 2. The molecule has 1 atom stereocenters. The lowest BCUT2D eigenvalue weighted by Gasteiger charge is -2.31. The fraction of sp³-hybridized carbons (Fsp3) is 0.375. The highest BCUT2D eigenvalue weighted by Crippen LogP contribution is 2.45. The van der Waals surface area contributed by atoms with Gasteiger partial charge in [-0.3, -0.25) is 9.48 Å². The first kappa shape index (κ1) is 18.6. The second kappa shape index (κ2) is 6.40. The lowest BCUT2D eigenvalue weighted by Crippen LogP contribution is -2.43. The maximum atomic E-state index is 13.3. The smallest absolute Gasteiger partial charge is 0.278 e. The minimum atomic E-state index is -0.205. The van der Waals surface area contributed by atoms with Crippen molar-refractivity contribution in [2.24, 2.45) is 7.05 Å². The van der Waals surface area contributed by atoms with E-state index in [1.54, 1.807) is 21.6 Å². The molecule has 7 nitrogen and oxygen atoms in total. The average Bonchev–Trinajstić information content (AvgIpc) is 3.35. The van der Waals surface area contributed by atoms with E-state index >= 15 is 0 Å². The first-order chi connectivity index (χ1) is 14.9. The maximum absolute atomic E-state index is 13.3. The van der Waals surface area contributed by atoms with E-state index in [1.165, 1.54) is 12.8 Å². The number of piperidine rings is 1. The Morgan fingerprint density at radius 1 is 1.16 bits per heavy atom. The zero-order valence-corrected chi connectivity index (χ0v) is 17.7. The first-order valence-corrected chi connectivity index (χ1v) is 10.9. The molecule has 4 aromatic rings. The molecule has 2 aromatic carbocycles. The Morgan fingerprint density at radius 2 is 1.94 bits per heavy atom. The molecule has 2 fully saturated rings. The van der Waals surface area contributed by atoms with Crippen LogP contribution in [0.4, 0.5) is 0 Å². The van der Waals surface area contributed by atoms with E-state index in [2.05, 4.69) is 27.6 Å². The van der Waals surface area contributed by atoms with E-state index in [0.29, 0.717) is 10.8 Å². The molecule has 2 aliphatic rings. The van der Waals surface area contributed by atoms with E-state index in [4.69, 9.17) is 0 Å². The summed E-state index contributed by atoms with van der Waals surface area (Å²) in [5.41, 5.74) is 3.87. The van der Waals surface area contributed by atoms with E-state index in [9.17, 15) is 9.90 Å². The standard InChI is InChI=1S/C24H25N5O2/c1-14-7-15(9-18-13-28(2)27-22(14)18)16-8-17-12-26-29(23(31)21(17)20(30)10-16)19-3-6-25-24(11-19)4-5-24/h7-10,12-13,19,25,30H,3-6,11H2,1-2H3. The third-order valence-corrected chi connectivity index (χ3v) is 6.94. The second-order valence-electron chi connectivity index (χ2n) is 9.24. The van der Waals surface area contributed by atoms with Crippen molar-refractivity contribution in [1.29, 1.82) is 0 Å². The Kier molecular flexibility index (Phi) is 3.84. The molecule has 3 heterocycles. The highest BCUT2D eigenvalue weighted by molar-refractivity contribution is 5.93. The fourth-order valence-corrected chi connectivity index (χ4v) is 5.17. The minimum absolute atomic E-state index is 0.00709. The molecule has 7 heteroatoms. The predicted molar refractivity (Wildman–Crippen MR) is 120 cm³/mol. The molecule has 1 aliphatic carbocycles. The van der Waals surface area contributed by atoms with Crippen LogP contribution in [0.5, 0.6) is 5.75 Å². The SMILES string of the molecule is Cc1cc(-c2cc(O)c3c(=O)n(C4CCNC5(CC5)C4)ncc3c2)cc2cn(C)nc12. The van der Waals surface area contributed by atoms with Crippen molar-refractivity contribution in [2.75, 3.05) is 6.54 Å². The Morgan fingerprint density at radius 3 is 2.74 bits per heavy atom. The van der Waals surface area contributed by atoms with Gasteiger partial charge in [-0.05, 0) is 80.1 Å². The van der Waals surface area contributed by atoms with E-state index in [0.717, 1.165) is 47.0 Å². The molecule has 6 rings (SSSR count). The third kappa shape index (κ3) is 2.95. The van der Waals surface area contributed by atoms with Crippen LogP contribution in [0, 0.1) is 6.92 Å². The number of fused-ring (bicyclic) bond motifs is 2. The predicted octanol–water partition coefficient (Wildman–Crippen LogP) is 3.42. The largest absolute Gasteiger partial charge is 0.507 e. The van der Waals surface area contributed by atoms with Gasteiger partial charge in [0.05, 0.1) is 23.1 Å². The molecule has 1 saturated carbocycles. The van der Waals surface area contributed by atoms with Crippen LogP contribution in [0.3, 0.4) is 0 Å². The van der Waals surface area contributed by atoms with E-state index in [-0.39, 0.29) is 22.9 Å². The molecule has 1 saturated heterocycles. The highest BCUT2D eigenvalue weighted by atomic mass is 16.3. The second-order valence-corrected chi connectivity index (χ2v) is 9.24. The van der Waals surface area contributed by atoms with Crippen LogP contribution in [0.15, 0.2) is 41.5 Å². The van der Waals surface area contributed by atoms with Gasteiger partial charge in [-0.15, -0.1) is 0 Å². The van der Waals surface area contributed by atoms with Crippen LogP contribution in [-0.2, 0) is 7.05 Å². The quantitative estimate of drug-likeness (QED) is 0.524. The van der Waals surface area contributed by atoms with Crippen LogP contribution < -0.4 is 10.9 Å². The Balaban J connectivity index is 1.45. The minimum Gasteiger partial charge on any atom is -0.507 e. The summed E-state index contributed by atoms with van der Waals surface area (Å²) in [6, 6.07) is 7.84. The molecule has 0 radical (unpaired) electrons. The van der Waals surface area contributed by atoms with Crippen LogP contribution in [-0.4, -0.2) is 36.8 Å². The molecule has 1 aliphatic heterocycles. The first-order valence-electron chi connectivity index (χ1n) is 10.9. The lowest BCUT2D eigenvalue weighted by atomic mass is 9.97. The van der Waals surface area contributed by atoms with Crippen LogP contribution in [0.1, 0.15) is 37.3 Å². The van der Waals surface area contributed by atoms with Gasteiger partial charge in [0.2, 0.25) is 0 Å². The summed E-state index contributed by atoms with van der Waals surface area (Å²) in [5, 5.41) is 25.5. The zero-order valence-electron chi connectivity index (χ0n) is 17.7. The Labute approximate surface area is 179 Å². The summed E-state index contributed by atoms with van der Waals surface area (Å²) in [6.45, 7) is 2.93. The van der Waals surface area contributed by atoms with Gasteiger partial charge in [-0.25, -0.2) is 4.68 Å². The summed E-state index contributed by atoms with van der Waals surface area (Å²) < 4.78 is 3.40. The summed E-state index contributed by atoms with van der Waals surface area (Å²) in [5.74, 6) is 0.00709. The topological polar surface area (TPSA) is 85.0 Å². The molecule has 0 bridgehead atoms. The van der Waals surface area contributed by atoms with Crippen LogP contribution in [0.25, 0.3) is 32.8 Å². The van der Waals surface area contributed by atoms with Crippen LogP contribution in [0.2, 0.25) is 0 Å². The molecule has 2 N–H and O–H groups in total. The van der Waals surface area contributed by atoms with Crippen molar-refractivity contribution in [3.63, 3.8) is 0 Å². The van der Waals surface area contributed by atoms with Gasteiger partial charge in [-0.2, -0.15) is 10.2 Å². The Bertz CT molecular complexity index is 1410. The Hall–Kier alpha value is -3.19. The third-order valence-electron chi connectivity index (χ3n) is 6.94. The molecule has 1 unspecified atom stereocenters. The molecule has 31 heavy (non-hydrogen) atoms. The van der Waals surface area contributed by atoms with Gasteiger partial charge in [0.15, 0.2) is 0 Å². The summed E-state index contributed by atoms with van der Waals surface area (Å²) in [7, 11) is 1.91.